The highest BCUT2D eigenvalue weighted by Gasteiger charge is 2.56. The minimum absolute atomic E-state index is 0.431. The first-order valence-electron chi connectivity index (χ1n) is 11.8. The van der Waals surface area contributed by atoms with Gasteiger partial charge in [-0.15, -0.1) is 0 Å². The van der Waals surface area contributed by atoms with Gasteiger partial charge in [0.1, 0.15) is 0 Å². The van der Waals surface area contributed by atoms with Crippen molar-refractivity contribution in [3.05, 3.63) is 12.4 Å². The molecule has 0 aliphatic heterocycles. The topological polar surface area (TPSA) is 24.1 Å². The maximum atomic E-state index is 3.98. The molecule has 26 heavy (non-hydrogen) atoms. The Morgan fingerprint density at radius 1 is 0.692 bits per heavy atom. The van der Waals surface area contributed by atoms with Crippen LogP contribution in [-0.4, -0.2) is 11.1 Å². The zero-order valence-electron chi connectivity index (χ0n) is 16.7. The van der Waals surface area contributed by atoms with Gasteiger partial charge >= 0.3 is 0 Å². The van der Waals surface area contributed by atoms with Gasteiger partial charge in [0.05, 0.1) is 0 Å². The number of rotatable bonds is 5. The van der Waals surface area contributed by atoms with Crippen LogP contribution in [0, 0.1) is 41.4 Å². The summed E-state index contributed by atoms with van der Waals surface area (Å²) in [5, 5.41) is 7.92. The third-order valence-electron chi connectivity index (χ3n) is 9.89. The Hall–Kier alpha value is -0.660. The van der Waals surface area contributed by atoms with Gasteiger partial charge in [-0.3, -0.25) is 0 Å². The van der Waals surface area contributed by atoms with E-state index in [9.17, 15) is 0 Å². The highest BCUT2D eigenvalue weighted by atomic mass is 15.0. The van der Waals surface area contributed by atoms with Gasteiger partial charge in [0.2, 0.25) is 0 Å². The maximum Gasteiger partial charge on any atom is 0.0377 e. The van der Waals surface area contributed by atoms with E-state index in [2.05, 4.69) is 30.0 Å². The van der Waals surface area contributed by atoms with Crippen LogP contribution in [-0.2, 0) is 0 Å². The summed E-state index contributed by atoms with van der Waals surface area (Å²) in [5.41, 5.74) is 0.890. The summed E-state index contributed by atoms with van der Waals surface area (Å²) in [6.07, 6.45) is 22.4. The minimum Gasteiger partial charge on any atom is -0.384 e. The van der Waals surface area contributed by atoms with Gasteiger partial charge in [-0.25, -0.2) is 0 Å². The molecule has 2 N–H and O–H groups in total. The van der Waals surface area contributed by atoms with Crippen molar-refractivity contribution in [2.75, 3.05) is 0 Å². The smallest absolute Gasteiger partial charge is 0.0377 e. The third-order valence-corrected chi connectivity index (χ3v) is 9.89. The van der Waals surface area contributed by atoms with E-state index in [-0.39, 0.29) is 0 Å². The van der Waals surface area contributed by atoms with E-state index in [1.807, 2.05) is 0 Å². The summed E-state index contributed by atoms with van der Waals surface area (Å²) < 4.78 is 0. The van der Waals surface area contributed by atoms with Crippen molar-refractivity contribution >= 4 is 0 Å². The summed E-state index contributed by atoms with van der Waals surface area (Å²) >= 11 is 0. The molecule has 7 aliphatic rings. The Balaban J connectivity index is 1.12. The molecule has 2 nitrogen and oxygen atoms in total. The van der Waals surface area contributed by atoms with Crippen LogP contribution in [0.5, 0.6) is 0 Å². The van der Waals surface area contributed by atoms with Crippen LogP contribution in [0.15, 0.2) is 12.4 Å². The predicted octanol–water partition coefficient (Wildman–Crippen LogP) is 5.21. The Morgan fingerprint density at radius 2 is 1.31 bits per heavy atom. The molecule has 0 aromatic rings. The van der Waals surface area contributed by atoms with Crippen LogP contribution in [0.1, 0.15) is 84.0 Å². The number of fused-ring (bicyclic) bond motifs is 1. The Bertz CT molecular complexity index is 560. The zero-order chi connectivity index (χ0) is 17.4. The summed E-state index contributed by atoms with van der Waals surface area (Å²) in [7, 11) is 0. The molecule has 144 valence electrons. The third kappa shape index (κ3) is 2.49. The molecule has 2 heteroatoms. The van der Waals surface area contributed by atoms with Crippen molar-refractivity contribution in [1.29, 1.82) is 0 Å². The van der Waals surface area contributed by atoms with Crippen molar-refractivity contribution < 1.29 is 0 Å². The fraction of sp³-hybridized carbons (Fsp3) is 0.917. The maximum absolute atomic E-state index is 3.98. The molecule has 7 fully saturated rings. The Labute approximate surface area is 160 Å². The molecule has 0 radical (unpaired) electrons. The van der Waals surface area contributed by atoms with Gasteiger partial charge in [-0.2, -0.15) is 0 Å². The van der Waals surface area contributed by atoms with Gasteiger partial charge in [-0.1, -0.05) is 13.3 Å². The zero-order valence-corrected chi connectivity index (χ0v) is 16.7. The van der Waals surface area contributed by atoms with Crippen LogP contribution >= 0.6 is 0 Å². The lowest BCUT2D eigenvalue weighted by atomic mass is 9.53. The van der Waals surface area contributed by atoms with Crippen molar-refractivity contribution in [2.45, 2.75) is 95.1 Å². The molecule has 6 bridgehead atoms. The SMILES string of the molecule is CCC1CC2CC3CC(N/C=C\NC45CC6CC(CC(C6)C4)C5)(C1)C[C@@H]23. The second kappa shape index (κ2) is 5.67. The average molecular weight is 355 g/mol. The molecule has 0 heterocycles. The van der Waals surface area contributed by atoms with Crippen molar-refractivity contribution in [2.24, 2.45) is 41.4 Å². The van der Waals surface area contributed by atoms with E-state index < -0.39 is 0 Å². The lowest BCUT2D eigenvalue weighted by molar-refractivity contribution is -0.0130. The molecule has 7 rings (SSSR count). The monoisotopic (exact) mass is 354 g/mol. The standard InChI is InChI=1S/C24H38N2/c1-2-16-8-20-9-21-14-24(10-16,15-22(20)21)26-4-3-25-23-11-17-5-18(12-23)7-19(6-17)13-23/h3-4,16-22,25-26H,2,5-15H2,1H3/b4-3-/t16?,17?,18?,19?,20?,21?,22-,23?,24?/m0/s1. The average Bonchev–Trinajstić information content (AvgIpc) is 2.78. The van der Waals surface area contributed by atoms with Crippen molar-refractivity contribution in [3.63, 3.8) is 0 Å². The van der Waals surface area contributed by atoms with Gasteiger partial charge < -0.3 is 10.6 Å². The van der Waals surface area contributed by atoms with E-state index in [1.165, 1.54) is 70.6 Å². The highest BCUT2D eigenvalue weighted by Crippen LogP contribution is 2.61. The molecule has 0 amide bonds. The predicted molar refractivity (Wildman–Crippen MR) is 106 cm³/mol. The van der Waals surface area contributed by atoms with E-state index in [1.54, 1.807) is 6.42 Å². The first kappa shape index (κ1) is 16.3. The summed E-state index contributed by atoms with van der Waals surface area (Å²) in [6.45, 7) is 2.41. The molecular formula is C24H38N2. The second-order valence-electron chi connectivity index (χ2n) is 11.6. The fourth-order valence-corrected chi connectivity index (χ4v) is 9.25. The summed E-state index contributed by atoms with van der Waals surface area (Å²) in [4.78, 5) is 0. The normalized spacial score (nSPS) is 56.4. The lowest BCUT2D eigenvalue weighted by Crippen LogP contribution is -2.57. The highest BCUT2D eigenvalue weighted by molar-refractivity contribution is 5.13. The Morgan fingerprint density at radius 3 is 1.92 bits per heavy atom. The van der Waals surface area contributed by atoms with Gasteiger partial charge in [0, 0.05) is 23.5 Å². The lowest BCUT2D eigenvalue weighted by Gasteiger charge is -2.56. The van der Waals surface area contributed by atoms with Crippen LogP contribution in [0.25, 0.3) is 0 Å². The van der Waals surface area contributed by atoms with Gasteiger partial charge in [0.25, 0.3) is 0 Å². The van der Waals surface area contributed by atoms with Gasteiger partial charge in [-0.05, 0) is 112 Å². The largest absolute Gasteiger partial charge is 0.384 e. The van der Waals surface area contributed by atoms with E-state index in [0.29, 0.717) is 11.1 Å². The first-order valence-corrected chi connectivity index (χ1v) is 11.8. The quantitative estimate of drug-likeness (QED) is 0.708. The molecule has 4 unspecified atom stereocenters. The number of hydrogen-bond acceptors (Lipinski definition) is 2. The van der Waals surface area contributed by atoms with Crippen molar-refractivity contribution in [1.82, 2.24) is 10.6 Å². The van der Waals surface area contributed by atoms with Crippen molar-refractivity contribution in [3.8, 4) is 0 Å². The van der Waals surface area contributed by atoms with Gasteiger partial charge in [0.15, 0.2) is 0 Å². The molecule has 7 saturated carbocycles. The molecule has 0 saturated heterocycles. The molecule has 0 aromatic carbocycles. The van der Waals surface area contributed by atoms with E-state index >= 15 is 0 Å². The molecule has 7 aliphatic carbocycles. The van der Waals surface area contributed by atoms with Crippen LogP contribution in [0.2, 0.25) is 0 Å². The molecule has 0 spiro atoms. The molecule has 0 aromatic heterocycles. The van der Waals surface area contributed by atoms with E-state index in [0.717, 1.165) is 41.4 Å². The Kier molecular flexibility index (Phi) is 3.56. The van der Waals surface area contributed by atoms with Crippen LogP contribution in [0.3, 0.4) is 0 Å². The molecule has 5 atom stereocenters. The minimum atomic E-state index is 0.431. The van der Waals surface area contributed by atoms with Crippen LogP contribution < -0.4 is 10.6 Å². The second-order valence-corrected chi connectivity index (χ2v) is 11.6. The summed E-state index contributed by atoms with van der Waals surface area (Å²) in [6, 6.07) is 0. The number of nitrogens with one attached hydrogen (secondary N) is 2. The fourth-order valence-electron chi connectivity index (χ4n) is 9.25. The number of hydrogen-bond donors (Lipinski definition) is 2. The van der Waals surface area contributed by atoms with Crippen LogP contribution in [0.4, 0.5) is 0 Å². The molecular weight excluding hydrogens is 316 g/mol. The van der Waals surface area contributed by atoms with E-state index in [4.69, 9.17) is 0 Å². The first-order chi connectivity index (χ1) is 12.6. The summed E-state index contributed by atoms with van der Waals surface area (Å²) in [5.74, 6) is 7.24.